The summed E-state index contributed by atoms with van der Waals surface area (Å²) in [7, 11) is 5.60. The molecule has 1 unspecified atom stereocenters. The Hall–Kier alpha value is -2.20. The monoisotopic (exact) mass is 314 g/mol. The van der Waals surface area contributed by atoms with Gasteiger partial charge in [-0.2, -0.15) is 0 Å². The van der Waals surface area contributed by atoms with Crippen molar-refractivity contribution in [2.45, 2.75) is 18.9 Å². The predicted octanol–water partition coefficient (Wildman–Crippen LogP) is 1.76. The molecule has 1 aliphatic rings. The Labute approximate surface area is 137 Å². The van der Waals surface area contributed by atoms with Gasteiger partial charge in [-0.25, -0.2) is 0 Å². The molecule has 4 nitrogen and oxygen atoms in total. The standard InChI is InChI=1S/C19H23NO3/c1-20-9-8-14-11-18(22-2)19(23-3)12-16(14)17(20)10-13-4-6-15(21)7-5-13/h4-7,11-12,17,21H,8-10H2,1-3H3/p+1/t17-/m0/s1. The number of benzene rings is 2. The van der Waals surface area contributed by atoms with E-state index in [1.807, 2.05) is 12.1 Å². The molecule has 3 rings (SSSR count). The number of likely N-dealkylation sites (N-methyl/N-ethyl adjacent to an activating group) is 1. The summed E-state index contributed by atoms with van der Waals surface area (Å²) in [6.45, 7) is 1.10. The maximum atomic E-state index is 9.46. The first-order valence-electron chi connectivity index (χ1n) is 7.97. The average Bonchev–Trinajstić information content (AvgIpc) is 2.58. The van der Waals surface area contributed by atoms with E-state index in [0.29, 0.717) is 11.8 Å². The highest BCUT2D eigenvalue weighted by molar-refractivity contribution is 5.49. The third-order valence-corrected chi connectivity index (χ3v) is 4.78. The lowest BCUT2D eigenvalue weighted by atomic mass is 9.88. The summed E-state index contributed by atoms with van der Waals surface area (Å²) in [5.41, 5.74) is 3.91. The number of aromatic hydroxyl groups is 1. The van der Waals surface area contributed by atoms with Gasteiger partial charge in [0.1, 0.15) is 11.8 Å². The number of ether oxygens (including phenoxy) is 2. The molecule has 0 bridgehead atoms. The van der Waals surface area contributed by atoms with Gasteiger partial charge in [-0.1, -0.05) is 12.1 Å². The number of hydrogen-bond acceptors (Lipinski definition) is 3. The summed E-state index contributed by atoms with van der Waals surface area (Å²) >= 11 is 0. The zero-order chi connectivity index (χ0) is 16.4. The highest BCUT2D eigenvalue weighted by atomic mass is 16.5. The largest absolute Gasteiger partial charge is 0.508 e. The minimum absolute atomic E-state index is 0.310. The minimum Gasteiger partial charge on any atom is -0.508 e. The van der Waals surface area contributed by atoms with Crippen molar-refractivity contribution in [2.75, 3.05) is 27.8 Å². The van der Waals surface area contributed by atoms with Crippen LogP contribution in [0.5, 0.6) is 17.2 Å². The molecule has 0 saturated carbocycles. The summed E-state index contributed by atoms with van der Waals surface area (Å²) in [6, 6.07) is 12.1. The van der Waals surface area contributed by atoms with Crippen molar-refractivity contribution in [1.82, 2.24) is 0 Å². The van der Waals surface area contributed by atoms with Crippen LogP contribution in [0.3, 0.4) is 0 Å². The van der Waals surface area contributed by atoms with E-state index >= 15 is 0 Å². The van der Waals surface area contributed by atoms with Crippen LogP contribution in [0, 0.1) is 0 Å². The molecule has 0 spiro atoms. The van der Waals surface area contributed by atoms with Crippen molar-refractivity contribution in [3.05, 3.63) is 53.1 Å². The molecule has 0 aliphatic carbocycles. The molecule has 2 N–H and O–H groups in total. The summed E-state index contributed by atoms with van der Waals surface area (Å²) < 4.78 is 10.9. The normalized spacial score (nSPS) is 20.0. The lowest BCUT2D eigenvalue weighted by Gasteiger charge is -2.32. The molecule has 23 heavy (non-hydrogen) atoms. The van der Waals surface area contributed by atoms with Crippen LogP contribution in [0.4, 0.5) is 0 Å². The molecule has 1 aliphatic heterocycles. The van der Waals surface area contributed by atoms with Crippen LogP contribution in [0.2, 0.25) is 0 Å². The van der Waals surface area contributed by atoms with Crippen molar-refractivity contribution in [3.63, 3.8) is 0 Å². The summed E-state index contributed by atoms with van der Waals surface area (Å²) in [5, 5.41) is 9.46. The second kappa shape index (κ2) is 6.50. The molecule has 4 heteroatoms. The zero-order valence-corrected chi connectivity index (χ0v) is 13.9. The number of fused-ring (bicyclic) bond motifs is 1. The van der Waals surface area contributed by atoms with E-state index in [0.717, 1.165) is 30.9 Å². The Kier molecular flexibility index (Phi) is 4.44. The molecule has 0 fully saturated rings. The second-order valence-corrected chi connectivity index (χ2v) is 6.18. The van der Waals surface area contributed by atoms with Crippen LogP contribution in [-0.4, -0.2) is 32.9 Å². The predicted molar refractivity (Wildman–Crippen MR) is 89.6 cm³/mol. The maximum absolute atomic E-state index is 9.46. The number of nitrogens with one attached hydrogen (secondary N) is 1. The molecule has 2 aromatic carbocycles. The second-order valence-electron chi connectivity index (χ2n) is 6.18. The molecule has 0 aromatic heterocycles. The quantitative estimate of drug-likeness (QED) is 0.904. The lowest BCUT2D eigenvalue weighted by Crippen LogP contribution is -3.10. The van der Waals surface area contributed by atoms with Crippen molar-refractivity contribution in [2.24, 2.45) is 0 Å². The molecule has 0 saturated heterocycles. The van der Waals surface area contributed by atoms with Crippen LogP contribution in [0.25, 0.3) is 0 Å². The zero-order valence-electron chi connectivity index (χ0n) is 13.9. The van der Waals surface area contributed by atoms with E-state index in [1.165, 1.54) is 21.6 Å². The fraction of sp³-hybridized carbons (Fsp3) is 0.368. The van der Waals surface area contributed by atoms with E-state index < -0.39 is 0 Å². The van der Waals surface area contributed by atoms with Crippen molar-refractivity contribution >= 4 is 0 Å². The van der Waals surface area contributed by atoms with Gasteiger partial charge in [0.15, 0.2) is 11.5 Å². The lowest BCUT2D eigenvalue weighted by molar-refractivity contribution is -0.914. The van der Waals surface area contributed by atoms with Crippen LogP contribution in [0.15, 0.2) is 36.4 Å². The topological polar surface area (TPSA) is 43.1 Å². The van der Waals surface area contributed by atoms with Crippen LogP contribution >= 0.6 is 0 Å². The first-order chi connectivity index (χ1) is 11.1. The maximum Gasteiger partial charge on any atom is 0.161 e. The van der Waals surface area contributed by atoms with E-state index in [9.17, 15) is 5.11 Å². The average molecular weight is 314 g/mol. The number of methoxy groups -OCH3 is 2. The van der Waals surface area contributed by atoms with E-state index in [4.69, 9.17) is 9.47 Å². The Morgan fingerprint density at radius 2 is 1.74 bits per heavy atom. The highest BCUT2D eigenvalue weighted by Gasteiger charge is 2.30. The van der Waals surface area contributed by atoms with Crippen molar-refractivity contribution in [3.8, 4) is 17.2 Å². The van der Waals surface area contributed by atoms with Crippen molar-refractivity contribution < 1.29 is 19.5 Å². The molecule has 0 amide bonds. The van der Waals surface area contributed by atoms with E-state index in [-0.39, 0.29) is 0 Å². The SMILES string of the molecule is COc1cc2c(cc1OC)[C@H](Cc1ccc(O)cc1)[NH+](C)CC2. The van der Waals surface area contributed by atoms with Gasteiger partial charge in [0.05, 0.1) is 27.8 Å². The Bertz CT molecular complexity index is 682. The molecule has 2 aromatic rings. The van der Waals surface area contributed by atoms with Gasteiger partial charge in [0.2, 0.25) is 0 Å². The van der Waals surface area contributed by atoms with Crippen LogP contribution in [-0.2, 0) is 12.8 Å². The highest BCUT2D eigenvalue weighted by Crippen LogP contribution is 2.35. The Balaban J connectivity index is 1.96. The van der Waals surface area contributed by atoms with Gasteiger partial charge in [-0.3, -0.25) is 0 Å². The number of quaternary nitrogens is 1. The van der Waals surface area contributed by atoms with Gasteiger partial charge in [-0.05, 0) is 35.4 Å². The summed E-state index contributed by atoms with van der Waals surface area (Å²) in [6.07, 6.45) is 1.99. The fourth-order valence-electron chi connectivity index (χ4n) is 3.40. The van der Waals surface area contributed by atoms with E-state index in [1.54, 1.807) is 26.4 Å². The first-order valence-corrected chi connectivity index (χ1v) is 7.97. The Morgan fingerprint density at radius 1 is 1.09 bits per heavy atom. The third-order valence-electron chi connectivity index (χ3n) is 4.78. The third kappa shape index (κ3) is 3.13. The molecule has 2 atom stereocenters. The van der Waals surface area contributed by atoms with E-state index in [2.05, 4.69) is 19.2 Å². The Morgan fingerprint density at radius 3 is 2.39 bits per heavy atom. The van der Waals surface area contributed by atoms with Gasteiger partial charge < -0.3 is 19.5 Å². The van der Waals surface area contributed by atoms with Gasteiger partial charge in [0, 0.05) is 18.4 Å². The van der Waals surface area contributed by atoms with Gasteiger partial charge >= 0.3 is 0 Å². The number of hydrogen-bond donors (Lipinski definition) is 2. The number of rotatable bonds is 4. The van der Waals surface area contributed by atoms with Crippen LogP contribution < -0.4 is 14.4 Å². The molecular formula is C19H24NO3+. The minimum atomic E-state index is 0.310. The molecule has 0 radical (unpaired) electrons. The van der Waals surface area contributed by atoms with Crippen molar-refractivity contribution in [1.29, 1.82) is 0 Å². The first kappa shape index (κ1) is 15.7. The molecular weight excluding hydrogens is 290 g/mol. The number of phenols is 1. The molecule has 122 valence electrons. The smallest absolute Gasteiger partial charge is 0.161 e. The van der Waals surface area contributed by atoms with Gasteiger partial charge in [0.25, 0.3) is 0 Å². The van der Waals surface area contributed by atoms with Gasteiger partial charge in [-0.15, -0.1) is 0 Å². The number of phenolic OH excluding ortho intramolecular Hbond substituents is 1. The fourth-order valence-corrected chi connectivity index (χ4v) is 3.40. The molecule has 1 heterocycles. The summed E-state index contributed by atoms with van der Waals surface area (Å²) in [4.78, 5) is 1.50. The van der Waals surface area contributed by atoms with Crippen LogP contribution in [0.1, 0.15) is 22.7 Å². The summed E-state index contributed by atoms with van der Waals surface area (Å²) in [5.74, 6) is 1.90.